The summed E-state index contributed by atoms with van der Waals surface area (Å²) in [4.78, 5) is 11.1. The highest BCUT2D eigenvalue weighted by molar-refractivity contribution is 6.29. The summed E-state index contributed by atoms with van der Waals surface area (Å²) in [6.07, 6.45) is 8.49. The fraction of sp³-hybridized carbons (Fsp3) is 0.333. The number of aromatic hydroxyl groups is 1. The molecule has 0 saturated carbocycles. The number of hydrogen-bond acceptors (Lipinski definition) is 8. The molecule has 0 aliphatic heterocycles. The smallest absolute Gasteiger partial charge is 0.162 e. The van der Waals surface area contributed by atoms with Gasteiger partial charge in [0.1, 0.15) is 0 Å². The van der Waals surface area contributed by atoms with E-state index in [1.54, 1.807) is 30.1 Å². The van der Waals surface area contributed by atoms with Crippen LogP contribution in [0.15, 0.2) is 82.1 Å². The highest BCUT2D eigenvalue weighted by Crippen LogP contribution is 2.40. The normalized spacial score (nSPS) is 13.9. The lowest BCUT2D eigenvalue weighted by Gasteiger charge is -2.30. The average molecular weight is 597 g/mol. The maximum Gasteiger partial charge on any atom is 0.162 e. The third-order valence-electron chi connectivity index (χ3n) is 6.61. The highest BCUT2D eigenvalue weighted by Gasteiger charge is 2.24. The number of benzene rings is 2. The topological polar surface area (TPSA) is 120 Å². The Morgan fingerprint density at radius 1 is 1.24 bits per heavy atom. The zero-order valence-corrected chi connectivity index (χ0v) is 26.5. The van der Waals surface area contributed by atoms with Gasteiger partial charge in [-0.3, -0.25) is 4.79 Å². The van der Waals surface area contributed by atoms with Crippen molar-refractivity contribution in [3.8, 4) is 11.5 Å². The molecule has 0 saturated heterocycles. The van der Waals surface area contributed by atoms with Crippen molar-refractivity contribution in [2.45, 2.75) is 59.9 Å². The van der Waals surface area contributed by atoms with E-state index < -0.39 is 0 Å². The van der Waals surface area contributed by atoms with Gasteiger partial charge >= 0.3 is 0 Å². The van der Waals surface area contributed by atoms with Gasteiger partial charge in [0.05, 0.1) is 24.7 Å². The number of rotatable bonds is 10. The highest BCUT2D eigenvalue weighted by atomic mass is 35.5. The Hall–Kier alpha value is -4.01. The molecule has 1 unspecified atom stereocenters. The third kappa shape index (κ3) is 10.1. The van der Waals surface area contributed by atoms with E-state index in [2.05, 4.69) is 69.0 Å². The number of halogens is 1. The number of carbonyl (C=O) groups excluding carboxylic acids is 1. The van der Waals surface area contributed by atoms with Crippen LogP contribution in [0.1, 0.15) is 58.6 Å². The van der Waals surface area contributed by atoms with E-state index in [4.69, 9.17) is 27.2 Å². The molecule has 2 aromatic carbocycles. The summed E-state index contributed by atoms with van der Waals surface area (Å²) in [5, 5.41) is 27.4. The molecule has 1 aliphatic carbocycles. The molecule has 3 rings (SSSR count). The van der Waals surface area contributed by atoms with Gasteiger partial charge in [0, 0.05) is 41.2 Å². The second-order valence-corrected chi connectivity index (χ2v) is 10.1. The number of nitrogens with two attached hydrogens (primary N) is 1. The maximum absolute atomic E-state index is 11.1. The van der Waals surface area contributed by atoms with Crippen LogP contribution in [0.5, 0.6) is 11.5 Å². The van der Waals surface area contributed by atoms with E-state index in [0.717, 1.165) is 43.3 Å². The Kier molecular flexibility index (Phi) is 15.8. The minimum absolute atomic E-state index is 0.0475. The number of nitrogens with zero attached hydrogens (tertiary/aromatic N) is 2. The van der Waals surface area contributed by atoms with Crippen LogP contribution in [-0.4, -0.2) is 43.0 Å². The average Bonchev–Trinajstić information content (AvgIpc) is 2.99. The largest absolute Gasteiger partial charge is 0.504 e. The maximum atomic E-state index is 11.1. The Morgan fingerprint density at radius 2 is 1.93 bits per heavy atom. The number of aryl methyl sites for hydroxylation is 1. The number of hydrogen-bond donors (Lipinski definition) is 4. The molecule has 8 nitrogen and oxygen atoms in total. The molecular weight excluding hydrogens is 552 g/mol. The number of nitrogens with one attached hydrogen (secondary N) is 1. The molecule has 42 heavy (non-hydrogen) atoms. The molecule has 228 valence electrons. The van der Waals surface area contributed by atoms with Gasteiger partial charge in [0.2, 0.25) is 0 Å². The van der Waals surface area contributed by atoms with Crippen LogP contribution in [0.4, 0.5) is 11.4 Å². The summed E-state index contributed by atoms with van der Waals surface area (Å²) in [6, 6.07) is 11.7. The molecule has 1 atom stereocenters. The standard InChI is InChI=1S/C27H33N3O3.C5H8ClN.CH4O/c1-6-7-18(2)20(4)29-22-11-10-21-9-8-19(3)27(24(21)16-22)30(28-14-15-31)23-12-13-25(32)26(17-23)33-5;1-3-5(7)4(2)6;1-2/h7,10-17,20,29,32H,6,8-9H2,1-5H3;3H,1,7H2,2H3;2H,1H3/b18-7+,28-14+;5-4-;. The summed E-state index contributed by atoms with van der Waals surface area (Å²) in [5.74, 6) is 0.391. The first-order valence-electron chi connectivity index (χ1n) is 13.7. The van der Waals surface area contributed by atoms with Crippen LogP contribution in [0.25, 0.3) is 5.70 Å². The lowest BCUT2D eigenvalue weighted by molar-refractivity contribution is -0.102. The fourth-order valence-electron chi connectivity index (χ4n) is 4.22. The van der Waals surface area contributed by atoms with Gasteiger partial charge in [-0.1, -0.05) is 42.8 Å². The van der Waals surface area contributed by atoms with Crippen molar-refractivity contribution in [1.29, 1.82) is 0 Å². The van der Waals surface area contributed by atoms with E-state index in [1.165, 1.54) is 36.1 Å². The lowest BCUT2D eigenvalue weighted by Crippen LogP contribution is -2.21. The summed E-state index contributed by atoms with van der Waals surface area (Å²) >= 11 is 5.41. The van der Waals surface area contributed by atoms with E-state index in [9.17, 15) is 9.90 Å². The molecule has 1 aliphatic rings. The molecule has 0 amide bonds. The number of allylic oxidation sites excluding steroid dienone is 4. The van der Waals surface area contributed by atoms with Crippen LogP contribution in [-0.2, 0) is 11.2 Å². The number of aliphatic hydroxyl groups excluding tert-OH is 1. The molecule has 5 N–H and O–H groups in total. The number of ether oxygens (including phenoxy) is 1. The number of fused-ring (bicyclic) bond motifs is 1. The first-order valence-corrected chi connectivity index (χ1v) is 14.1. The number of anilines is 2. The molecule has 2 aromatic rings. The monoisotopic (exact) mass is 596 g/mol. The minimum atomic E-state index is 0.0475. The van der Waals surface area contributed by atoms with Crippen LogP contribution in [0.3, 0.4) is 0 Å². The van der Waals surface area contributed by atoms with Gasteiger partial charge < -0.3 is 26.0 Å². The zero-order valence-electron chi connectivity index (χ0n) is 25.7. The Morgan fingerprint density at radius 3 is 2.48 bits per heavy atom. The SMILES string of the molecule is C=C/C(N)=C(\C)Cl.CC/C=C(\C)C(C)Nc1ccc2c(c1)C(N(/N=C/C=O)c1ccc(O)c(OC)c1)=C(C)CC2.CO. The number of phenols is 1. The number of methoxy groups -OCH3 is 1. The van der Waals surface area contributed by atoms with E-state index >= 15 is 0 Å². The lowest BCUT2D eigenvalue weighted by atomic mass is 9.89. The van der Waals surface area contributed by atoms with Gasteiger partial charge in [-0.05, 0) is 88.4 Å². The predicted molar refractivity (Wildman–Crippen MR) is 177 cm³/mol. The quantitative estimate of drug-likeness (QED) is 0.0756. The van der Waals surface area contributed by atoms with E-state index in [-0.39, 0.29) is 11.8 Å². The minimum Gasteiger partial charge on any atom is -0.504 e. The van der Waals surface area contributed by atoms with Gasteiger partial charge in [0.25, 0.3) is 0 Å². The number of aldehydes is 1. The number of phenolic OH excluding ortho intramolecular Hbond substituents is 1. The molecule has 0 fully saturated rings. The van der Waals surface area contributed by atoms with Gasteiger partial charge in [-0.25, -0.2) is 5.01 Å². The van der Waals surface area contributed by atoms with Gasteiger partial charge in [0.15, 0.2) is 17.8 Å². The number of carbonyl (C=O) groups is 1. The van der Waals surface area contributed by atoms with Crippen molar-refractivity contribution in [1.82, 2.24) is 0 Å². The predicted octanol–water partition coefficient (Wildman–Crippen LogP) is 7.14. The number of hydrazone groups is 1. The van der Waals surface area contributed by atoms with Crippen LogP contribution < -0.4 is 20.8 Å². The van der Waals surface area contributed by atoms with Crippen molar-refractivity contribution >= 4 is 41.2 Å². The number of aliphatic hydroxyl groups is 1. The van der Waals surface area contributed by atoms with Crippen LogP contribution in [0.2, 0.25) is 0 Å². The van der Waals surface area contributed by atoms with Crippen molar-refractivity contribution in [3.05, 3.63) is 88.1 Å². The molecule has 0 radical (unpaired) electrons. The Bertz CT molecular complexity index is 1330. The van der Waals surface area contributed by atoms with Crippen molar-refractivity contribution < 1.29 is 19.7 Å². The fourth-order valence-corrected chi connectivity index (χ4v) is 4.30. The van der Waals surface area contributed by atoms with Crippen LogP contribution >= 0.6 is 11.6 Å². The molecule has 0 bridgehead atoms. The van der Waals surface area contributed by atoms with Gasteiger partial charge in [-0.15, -0.1) is 0 Å². The molecule has 9 heteroatoms. The molecular formula is C33H45ClN4O4. The van der Waals surface area contributed by atoms with Crippen molar-refractivity contribution in [3.63, 3.8) is 0 Å². The molecule has 0 aromatic heterocycles. The summed E-state index contributed by atoms with van der Waals surface area (Å²) in [5.41, 5.74) is 13.2. The van der Waals surface area contributed by atoms with Crippen LogP contribution in [0, 0.1) is 0 Å². The van der Waals surface area contributed by atoms with Gasteiger partial charge in [-0.2, -0.15) is 5.10 Å². The first kappa shape index (κ1) is 36.0. The molecule has 0 spiro atoms. The first-order chi connectivity index (χ1) is 20.1. The Balaban J connectivity index is 0.000000858. The zero-order chi connectivity index (χ0) is 31.8. The van der Waals surface area contributed by atoms with E-state index in [1.807, 2.05) is 0 Å². The van der Waals surface area contributed by atoms with E-state index in [0.29, 0.717) is 28.5 Å². The second-order valence-electron chi connectivity index (χ2n) is 9.48. The molecule has 0 heterocycles. The third-order valence-corrected chi connectivity index (χ3v) is 6.83. The second kappa shape index (κ2) is 18.4. The summed E-state index contributed by atoms with van der Waals surface area (Å²) in [6.45, 7) is 13.7. The van der Waals surface area contributed by atoms with Crippen molar-refractivity contribution in [2.24, 2.45) is 10.8 Å². The Labute approximate surface area is 255 Å². The summed E-state index contributed by atoms with van der Waals surface area (Å²) < 4.78 is 5.30. The summed E-state index contributed by atoms with van der Waals surface area (Å²) in [7, 11) is 2.51. The van der Waals surface area contributed by atoms with Crippen molar-refractivity contribution in [2.75, 3.05) is 24.5 Å².